The molecule has 1 aromatic carbocycles. The lowest BCUT2D eigenvalue weighted by atomic mass is 10.2. The molecule has 0 radical (unpaired) electrons. The van der Waals surface area contributed by atoms with Crippen molar-refractivity contribution >= 4 is 5.91 Å². The molecule has 7 heteroatoms. The molecule has 3 heterocycles. The number of methoxy groups -OCH3 is 1. The molecule has 1 aliphatic heterocycles. The number of ether oxygens (including phenoxy) is 1. The van der Waals surface area contributed by atoms with Crippen LogP contribution in [0.1, 0.15) is 35.1 Å². The lowest BCUT2D eigenvalue weighted by Crippen LogP contribution is -2.30. The van der Waals surface area contributed by atoms with Gasteiger partial charge in [-0.25, -0.2) is 0 Å². The van der Waals surface area contributed by atoms with Crippen LogP contribution in [0.4, 0.5) is 0 Å². The Morgan fingerprint density at radius 2 is 2.20 bits per heavy atom. The van der Waals surface area contributed by atoms with Gasteiger partial charge in [0, 0.05) is 6.54 Å². The normalized spacial score (nSPS) is 17.0. The van der Waals surface area contributed by atoms with E-state index >= 15 is 0 Å². The summed E-state index contributed by atoms with van der Waals surface area (Å²) in [7, 11) is 1.60. The minimum atomic E-state index is -0.224. The predicted molar refractivity (Wildman–Crippen MR) is 88.0 cm³/mol. The number of carbonyl (C=O) groups is 1. The van der Waals surface area contributed by atoms with Crippen LogP contribution in [-0.2, 0) is 0 Å². The Hall–Kier alpha value is -3.09. The molecule has 4 rings (SSSR count). The third-order valence-corrected chi connectivity index (χ3v) is 4.36. The van der Waals surface area contributed by atoms with E-state index in [4.69, 9.17) is 13.7 Å². The minimum Gasteiger partial charge on any atom is -0.496 e. The quantitative estimate of drug-likeness (QED) is 0.725. The molecule has 1 fully saturated rings. The number of benzene rings is 1. The number of nitrogens with zero attached hydrogens (tertiary/aromatic N) is 3. The molecule has 7 nitrogen and oxygen atoms in total. The highest BCUT2D eigenvalue weighted by atomic mass is 16.5. The first kappa shape index (κ1) is 15.4. The Morgan fingerprint density at radius 1 is 1.32 bits per heavy atom. The van der Waals surface area contributed by atoms with Crippen molar-refractivity contribution in [3.05, 3.63) is 54.3 Å². The molecule has 0 saturated carbocycles. The summed E-state index contributed by atoms with van der Waals surface area (Å²) in [5, 5.41) is 4.07. The van der Waals surface area contributed by atoms with Crippen LogP contribution in [0.2, 0.25) is 0 Å². The summed E-state index contributed by atoms with van der Waals surface area (Å²) in [6.07, 6.45) is 4.62. The molecule has 1 amide bonds. The number of likely N-dealkylation sites (tertiary alicyclic amines) is 1. The number of para-hydroxylation sites is 1. The van der Waals surface area contributed by atoms with E-state index in [2.05, 4.69) is 10.1 Å². The summed E-state index contributed by atoms with van der Waals surface area (Å²) >= 11 is 0. The molecule has 1 saturated heterocycles. The summed E-state index contributed by atoms with van der Waals surface area (Å²) in [4.78, 5) is 18.9. The highest BCUT2D eigenvalue weighted by Crippen LogP contribution is 2.34. The molecule has 0 N–H and O–H groups in total. The molecule has 128 valence electrons. The van der Waals surface area contributed by atoms with Crippen LogP contribution in [0.15, 0.2) is 51.8 Å². The highest BCUT2D eigenvalue weighted by Gasteiger charge is 2.35. The molecule has 1 atom stereocenters. The van der Waals surface area contributed by atoms with Crippen molar-refractivity contribution in [3.8, 4) is 17.1 Å². The van der Waals surface area contributed by atoms with Crippen LogP contribution in [0, 0.1) is 0 Å². The average Bonchev–Trinajstić information content (AvgIpc) is 3.41. The predicted octanol–water partition coefficient (Wildman–Crippen LogP) is 3.32. The third-order valence-electron chi connectivity index (χ3n) is 4.36. The topological polar surface area (TPSA) is 81.6 Å². The minimum absolute atomic E-state index is 0.0895. The van der Waals surface area contributed by atoms with Gasteiger partial charge >= 0.3 is 0 Å². The molecule has 1 aliphatic rings. The van der Waals surface area contributed by atoms with Crippen LogP contribution in [0.3, 0.4) is 0 Å². The molecule has 2 aromatic heterocycles. The third kappa shape index (κ3) is 2.77. The Morgan fingerprint density at radius 3 is 3.00 bits per heavy atom. The Kier molecular flexibility index (Phi) is 3.97. The van der Waals surface area contributed by atoms with Gasteiger partial charge in [-0.1, -0.05) is 17.3 Å². The summed E-state index contributed by atoms with van der Waals surface area (Å²) in [6, 6.07) is 8.92. The molecule has 0 spiro atoms. The molecule has 25 heavy (non-hydrogen) atoms. The van der Waals surface area contributed by atoms with Crippen molar-refractivity contribution < 1.29 is 18.5 Å². The van der Waals surface area contributed by atoms with Gasteiger partial charge in [0.1, 0.15) is 18.1 Å². The first-order chi connectivity index (χ1) is 12.3. The summed E-state index contributed by atoms with van der Waals surface area (Å²) < 4.78 is 15.8. The zero-order chi connectivity index (χ0) is 17.2. The van der Waals surface area contributed by atoms with Gasteiger partial charge < -0.3 is 18.6 Å². The molecular formula is C18H17N3O4. The van der Waals surface area contributed by atoms with E-state index in [9.17, 15) is 4.79 Å². The van der Waals surface area contributed by atoms with Crippen molar-refractivity contribution in [2.24, 2.45) is 0 Å². The molecule has 0 bridgehead atoms. The zero-order valence-corrected chi connectivity index (χ0v) is 13.7. The monoisotopic (exact) mass is 339 g/mol. The standard InChI is InChI=1S/C18H17N3O4/c1-23-15-7-3-2-5-13(15)16-19-17(25-20-16)14-6-4-9-21(14)18(22)12-8-10-24-11-12/h2-3,5,7-8,10-11,14H,4,6,9H2,1H3. The number of hydrogen-bond donors (Lipinski definition) is 0. The van der Waals surface area contributed by atoms with Crippen LogP contribution < -0.4 is 4.74 Å². The van der Waals surface area contributed by atoms with Gasteiger partial charge in [0.05, 0.1) is 24.5 Å². The second-order valence-corrected chi connectivity index (χ2v) is 5.83. The van der Waals surface area contributed by atoms with Crippen LogP contribution in [-0.4, -0.2) is 34.6 Å². The number of aromatic nitrogens is 2. The molecular weight excluding hydrogens is 322 g/mol. The van der Waals surface area contributed by atoms with Crippen molar-refractivity contribution in [2.75, 3.05) is 13.7 Å². The molecule has 1 unspecified atom stereocenters. The van der Waals surface area contributed by atoms with E-state index in [-0.39, 0.29) is 11.9 Å². The number of amides is 1. The van der Waals surface area contributed by atoms with Gasteiger partial charge in [0.2, 0.25) is 11.7 Å². The smallest absolute Gasteiger partial charge is 0.257 e. The molecule has 3 aromatic rings. The average molecular weight is 339 g/mol. The maximum Gasteiger partial charge on any atom is 0.257 e. The first-order valence-electron chi connectivity index (χ1n) is 8.08. The number of hydrogen-bond acceptors (Lipinski definition) is 6. The molecule has 0 aliphatic carbocycles. The van der Waals surface area contributed by atoms with E-state index in [1.165, 1.54) is 12.5 Å². The summed E-state index contributed by atoms with van der Waals surface area (Å²) in [5.74, 6) is 1.48. The van der Waals surface area contributed by atoms with Crippen LogP contribution in [0.25, 0.3) is 11.4 Å². The van der Waals surface area contributed by atoms with Gasteiger partial charge in [0.25, 0.3) is 5.91 Å². The fourth-order valence-corrected chi connectivity index (χ4v) is 3.13. The number of carbonyl (C=O) groups excluding carboxylic acids is 1. The van der Waals surface area contributed by atoms with E-state index in [0.717, 1.165) is 18.4 Å². The maximum atomic E-state index is 12.6. The SMILES string of the molecule is COc1ccccc1-c1noc(C2CCCN2C(=O)c2ccoc2)n1. The van der Waals surface area contributed by atoms with Crippen LogP contribution >= 0.6 is 0 Å². The van der Waals surface area contributed by atoms with Crippen molar-refractivity contribution in [3.63, 3.8) is 0 Å². The maximum absolute atomic E-state index is 12.6. The van der Waals surface area contributed by atoms with E-state index < -0.39 is 0 Å². The van der Waals surface area contributed by atoms with Crippen molar-refractivity contribution in [2.45, 2.75) is 18.9 Å². The summed E-state index contributed by atoms with van der Waals surface area (Å²) in [5.41, 5.74) is 1.28. The van der Waals surface area contributed by atoms with Crippen LogP contribution in [0.5, 0.6) is 5.75 Å². The van der Waals surface area contributed by atoms with E-state index in [0.29, 0.717) is 29.6 Å². The van der Waals surface area contributed by atoms with E-state index in [1.807, 2.05) is 24.3 Å². The largest absolute Gasteiger partial charge is 0.496 e. The van der Waals surface area contributed by atoms with E-state index in [1.54, 1.807) is 18.1 Å². The lowest BCUT2D eigenvalue weighted by Gasteiger charge is -2.20. The van der Waals surface area contributed by atoms with Crippen molar-refractivity contribution in [1.82, 2.24) is 15.0 Å². The second-order valence-electron chi connectivity index (χ2n) is 5.83. The fraction of sp³-hybridized carbons (Fsp3) is 0.278. The second kappa shape index (κ2) is 6.43. The number of furan rings is 1. The van der Waals surface area contributed by atoms with Crippen molar-refractivity contribution in [1.29, 1.82) is 0 Å². The van der Waals surface area contributed by atoms with Gasteiger partial charge in [-0.2, -0.15) is 4.98 Å². The van der Waals surface area contributed by atoms with Gasteiger partial charge in [0.15, 0.2) is 0 Å². The van der Waals surface area contributed by atoms with Gasteiger partial charge in [-0.05, 0) is 31.0 Å². The Bertz CT molecular complexity index is 872. The zero-order valence-electron chi connectivity index (χ0n) is 13.7. The van der Waals surface area contributed by atoms with Gasteiger partial charge in [-0.3, -0.25) is 4.79 Å². The Balaban J connectivity index is 1.62. The Labute approximate surface area is 144 Å². The van der Waals surface area contributed by atoms with Gasteiger partial charge in [-0.15, -0.1) is 0 Å². The number of rotatable bonds is 4. The first-order valence-corrected chi connectivity index (χ1v) is 8.08. The highest BCUT2D eigenvalue weighted by molar-refractivity contribution is 5.94. The summed E-state index contributed by atoms with van der Waals surface area (Å²) in [6.45, 7) is 0.654. The lowest BCUT2D eigenvalue weighted by molar-refractivity contribution is 0.0709. The fourth-order valence-electron chi connectivity index (χ4n) is 3.13.